The fourth-order valence-corrected chi connectivity index (χ4v) is 3.16. The van der Waals surface area contributed by atoms with E-state index in [9.17, 15) is 9.90 Å². The van der Waals surface area contributed by atoms with Crippen LogP contribution < -0.4 is 10.2 Å². The standard InChI is InChI=1S/C19H21N5O4/c25-19(26)18-21-12-15(13-3-7-27-8-4-13)17(23-18)22-14-1-2-16(20-11-14)24-5-9-28-10-6-24/h1-3,11-12H,4-10H2,(H,25,26)(H,21,22,23). The second-order valence-corrected chi connectivity index (χ2v) is 6.44. The first-order valence-electron chi connectivity index (χ1n) is 9.14. The Labute approximate surface area is 162 Å². The summed E-state index contributed by atoms with van der Waals surface area (Å²) >= 11 is 0. The molecule has 28 heavy (non-hydrogen) atoms. The van der Waals surface area contributed by atoms with E-state index in [0.29, 0.717) is 32.2 Å². The number of nitrogens with one attached hydrogen (secondary N) is 1. The zero-order chi connectivity index (χ0) is 19.3. The highest BCUT2D eigenvalue weighted by atomic mass is 16.5. The Morgan fingerprint density at radius 2 is 1.96 bits per heavy atom. The molecule has 0 amide bonds. The number of hydrogen-bond donors (Lipinski definition) is 2. The zero-order valence-corrected chi connectivity index (χ0v) is 15.3. The monoisotopic (exact) mass is 383 g/mol. The van der Waals surface area contributed by atoms with Crippen molar-refractivity contribution in [2.45, 2.75) is 6.42 Å². The fraction of sp³-hybridized carbons (Fsp3) is 0.368. The number of carboxylic acid groups (broad SMARTS) is 1. The highest BCUT2D eigenvalue weighted by Gasteiger charge is 2.17. The van der Waals surface area contributed by atoms with Gasteiger partial charge in [-0.2, -0.15) is 0 Å². The lowest BCUT2D eigenvalue weighted by Crippen LogP contribution is -2.36. The number of rotatable bonds is 5. The predicted molar refractivity (Wildman–Crippen MR) is 103 cm³/mol. The number of nitrogens with zero attached hydrogens (tertiary/aromatic N) is 4. The van der Waals surface area contributed by atoms with Gasteiger partial charge in [-0.05, 0) is 24.1 Å². The van der Waals surface area contributed by atoms with Gasteiger partial charge in [0.05, 0.1) is 38.3 Å². The molecule has 2 aliphatic rings. The van der Waals surface area contributed by atoms with Crippen molar-refractivity contribution in [1.29, 1.82) is 0 Å². The molecule has 0 aliphatic carbocycles. The molecular weight excluding hydrogens is 362 g/mol. The zero-order valence-electron chi connectivity index (χ0n) is 15.3. The summed E-state index contributed by atoms with van der Waals surface area (Å²) in [5.41, 5.74) is 2.52. The van der Waals surface area contributed by atoms with Crippen LogP contribution in [-0.4, -0.2) is 65.5 Å². The molecule has 0 spiro atoms. The van der Waals surface area contributed by atoms with E-state index < -0.39 is 5.97 Å². The summed E-state index contributed by atoms with van der Waals surface area (Å²) in [6.07, 6.45) is 5.95. The Hall–Kier alpha value is -3.04. The Bertz CT molecular complexity index is 878. The van der Waals surface area contributed by atoms with Gasteiger partial charge < -0.3 is 24.8 Å². The summed E-state index contributed by atoms with van der Waals surface area (Å²) in [6, 6.07) is 3.84. The average molecular weight is 383 g/mol. The van der Waals surface area contributed by atoms with Crippen LogP contribution >= 0.6 is 0 Å². The quantitative estimate of drug-likeness (QED) is 0.800. The summed E-state index contributed by atoms with van der Waals surface area (Å²) in [5.74, 6) is -0.0928. The highest BCUT2D eigenvalue weighted by Crippen LogP contribution is 2.29. The number of morpholine rings is 1. The predicted octanol–water partition coefficient (Wildman–Crippen LogP) is 1.95. The summed E-state index contributed by atoms with van der Waals surface area (Å²) in [6.45, 7) is 4.15. The summed E-state index contributed by atoms with van der Waals surface area (Å²) in [4.78, 5) is 26.1. The largest absolute Gasteiger partial charge is 0.475 e. The van der Waals surface area contributed by atoms with Crippen molar-refractivity contribution in [1.82, 2.24) is 15.0 Å². The Balaban J connectivity index is 1.59. The van der Waals surface area contributed by atoms with Crippen LogP contribution in [0, 0.1) is 0 Å². The highest BCUT2D eigenvalue weighted by molar-refractivity contribution is 5.85. The van der Waals surface area contributed by atoms with Gasteiger partial charge in [-0.25, -0.2) is 19.7 Å². The van der Waals surface area contributed by atoms with Crippen LogP contribution in [0.4, 0.5) is 17.3 Å². The number of hydrogen-bond acceptors (Lipinski definition) is 8. The maximum Gasteiger partial charge on any atom is 0.374 e. The van der Waals surface area contributed by atoms with Crippen molar-refractivity contribution in [2.75, 3.05) is 49.7 Å². The van der Waals surface area contributed by atoms with E-state index in [0.717, 1.165) is 42.2 Å². The molecule has 0 radical (unpaired) electrons. The number of pyridine rings is 1. The average Bonchev–Trinajstić information content (AvgIpc) is 2.75. The van der Waals surface area contributed by atoms with Crippen LogP contribution in [-0.2, 0) is 9.47 Å². The van der Waals surface area contributed by atoms with Crippen molar-refractivity contribution in [2.24, 2.45) is 0 Å². The van der Waals surface area contributed by atoms with Crippen LogP contribution in [0.3, 0.4) is 0 Å². The maximum atomic E-state index is 11.3. The van der Waals surface area contributed by atoms with E-state index in [1.54, 1.807) is 12.4 Å². The lowest BCUT2D eigenvalue weighted by molar-refractivity contribution is 0.0683. The first kappa shape index (κ1) is 18.3. The minimum absolute atomic E-state index is 0.253. The lowest BCUT2D eigenvalue weighted by Gasteiger charge is -2.27. The van der Waals surface area contributed by atoms with E-state index in [-0.39, 0.29) is 5.82 Å². The smallest absolute Gasteiger partial charge is 0.374 e. The van der Waals surface area contributed by atoms with E-state index in [1.807, 2.05) is 18.2 Å². The van der Waals surface area contributed by atoms with Crippen molar-refractivity contribution in [3.63, 3.8) is 0 Å². The Kier molecular flexibility index (Phi) is 5.45. The number of aromatic carboxylic acids is 1. The molecule has 146 valence electrons. The van der Waals surface area contributed by atoms with Gasteiger partial charge >= 0.3 is 5.97 Å². The van der Waals surface area contributed by atoms with Gasteiger partial charge in [-0.1, -0.05) is 6.08 Å². The topological polar surface area (TPSA) is 110 Å². The molecule has 0 unspecified atom stereocenters. The molecule has 0 aromatic carbocycles. The number of aromatic nitrogens is 3. The summed E-state index contributed by atoms with van der Waals surface area (Å²) < 4.78 is 10.7. The number of ether oxygens (including phenoxy) is 2. The van der Waals surface area contributed by atoms with E-state index in [4.69, 9.17) is 9.47 Å². The third-order valence-electron chi connectivity index (χ3n) is 4.64. The molecule has 0 saturated carbocycles. The third kappa shape index (κ3) is 4.10. The molecule has 4 rings (SSSR count). The first-order valence-corrected chi connectivity index (χ1v) is 9.14. The molecule has 2 N–H and O–H groups in total. The molecule has 9 nitrogen and oxygen atoms in total. The Morgan fingerprint density at radius 1 is 1.11 bits per heavy atom. The Morgan fingerprint density at radius 3 is 2.64 bits per heavy atom. The summed E-state index contributed by atoms with van der Waals surface area (Å²) in [5, 5.41) is 12.4. The van der Waals surface area contributed by atoms with Gasteiger partial charge in [0.2, 0.25) is 5.82 Å². The van der Waals surface area contributed by atoms with Crippen molar-refractivity contribution < 1.29 is 19.4 Å². The molecule has 4 heterocycles. The molecule has 1 fully saturated rings. The van der Waals surface area contributed by atoms with Crippen molar-refractivity contribution >= 4 is 28.9 Å². The molecule has 2 aliphatic heterocycles. The van der Waals surface area contributed by atoms with E-state index >= 15 is 0 Å². The first-order chi connectivity index (χ1) is 13.7. The maximum absolute atomic E-state index is 11.3. The van der Waals surface area contributed by atoms with Crippen LogP contribution in [0.2, 0.25) is 0 Å². The molecule has 2 aromatic rings. The van der Waals surface area contributed by atoms with Gasteiger partial charge in [0.15, 0.2) is 0 Å². The normalized spacial score (nSPS) is 17.1. The van der Waals surface area contributed by atoms with Crippen LogP contribution in [0.5, 0.6) is 0 Å². The minimum atomic E-state index is -1.17. The second-order valence-electron chi connectivity index (χ2n) is 6.44. The summed E-state index contributed by atoms with van der Waals surface area (Å²) in [7, 11) is 0. The third-order valence-corrected chi connectivity index (χ3v) is 4.64. The molecule has 0 atom stereocenters. The van der Waals surface area contributed by atoms with Crippen molar-refractivity contribution in [3.05, 3.63) is 42.0 Å². The lowest BCUT2D eigenvalue weighted by atomic mass is 10.0. The fourth-order valence-electron chi connectivity index (χ4n) is 3.16. The SMILES string of the molecule is O=C(O)c1ncc(C2=CCOCC2)c(Nc2ccc(N3CCOCC3)nc2)n1. The van der Waals surface area contributed by atoms with Crippen LogP contribution in [0.25, 0.3) is 5.57 Å². The van der Waals surface area contributed by atoms with Gasteiger partial charge in [0, 0.05) is 24.8 Å². The van der Waals surface area contributed by atoms with E-state index in [2.05, 4.69) is 25.2 Å². The molecule has 2 aromatic heterocycles. The number of anilines is 3. The minimum Gasteiger partial charge on any atom is -0.475 e. The number of carbonyl (C=O) groups is 1. The van der Waals surface area contributed by atoms with Crippen molar-refractivity contribution in [3.8, 4) is 0 Å². The molecular formula is C19H21N5O4. The van der Waals surface area contributed by atoms with Crippen LogP contribution in [0.15, 0.2) is 30.6 Å². The van der Waals surface area contributed by atoms with Gasteiger partial charge in [0.25, 0.3) is 0 Å². The van der Waals surface area contributed by atoms with Crippen LogP contribution in [0.1, 0.15) is 22.6 Å². The molecule has 9 heteroatoms. The molecule has 1 saturated heterocycles. The van der Waals surface area contributed by atoms with E-state index in [1.165, 1.54) is 0 Å². The van der Waals surface area contributed by atoms with Gasteiger partial charge in [0.1, 0.15) is 11.6 Å². The molecule has 0 bridgehead atoms. The second kappa shape index (κ2) is 8.32. The number of carboxylic acids is 1. The van der Waals surface area contributed by atoms with Gasteiger partial charge in [-0.3, -0.25) is 0 Å². The van der Waals surface area contributed by atoms with Gasteiger partial charge in [-0.15, -0.1) is 0 Å².